The summed E-state index contributed by atoms with van der Waals surface area (Å²) in [6, 6.07) is 8.11. The highest BCUT2D eigenvalue weighted by molar-refractivity contribution is 5.81. The Balaban J connectivity index is 2.32. The molecule has 0 atom stereocenters. The molecule has 0 radical (unpaired) electrons. The summed E-state index contributed by atoms with van der Waals surface area (Å²) in [5.74, 6) is 1.59. The molecule has 0 aliphatic carbocycles. The normalized spacial score (nSPS) is 11.2. The number of hydrogen-bond donors (Lipinski definition) is 0. The molecule has 0 saturated heterocycles. The number of benzene rings is 1. The van der Waals surface area contributed by atoms with Gasteiger partial charge in [-0.25, -0.2) is 4.68 Å². The Bertz CT molecular complexity index is 506. The lowest BCUT2D eigenvalue weighted by Crippen LogP contribution is -1.97. The molecule has 0 N–H and O–H groups in total. The third-order valence-corrected chi connectivity index (χ3v) is 2.45. The predicted octanol–water partition coefficient (Wildman–Crippen LogP) is 2.09. The zero-order valence-electron chi connectivity index (χ0n) is 9.68. The molecule has 0 spiro atoms. The Labute approximate surface area is 94.6 Å². The lowest BCUT2D eigenvalue weighted by Gasteiger charge is -1.99. The van der Waals surface area contributed by atoms with Gasteiger partial charge in [0.15, 0.2) is 11.6 Å². The van der Waals surface area contributed by atoms with Crippen LogP contribution in [0.15, 0.2) is 29.4 Å². The van der Waals surface area contributed by atoms with Gasteiger partial charge in [-0.15, -0.1) is 10.2 Å². The minimum absolute atomic E-state index is 0.794. The summed E-state index contributed by atoms with van der Waals surface area (Å²) in [6.07, 6.45) is 1.83. The van der Waals surface area contributed by atoms with Crippen LogP contribution in [0.2, 0.25) is 0 Å². The monoisotopic (exact) mass is 214 g/mol. The Morgan fingerprint density at radius 3 is 2.31 bits per heavy atom. The van der Waals surface area contributed by atoms with E-state index in [1.165, 1.54) is 5.56 Å². The molecule has 1 heterocycles. The fourth-order valence-corrected chi connectivity index (χ4v) is 1.48. The van der Waals surface area contributed by atoms with Gasteiger partial charge in [0.05, 0.1) is 6.21 Å². The molecule has 0 aliphatic heterocycles. The first-order chi connectivity index (χ1) is 7.68. The van der Waals surface area contributed by atoms with E-state index in [-0.39, 0.29) is 0 Å². The van der Waals surface area contributed by atoms with Crippen molar-refractivity contribution < 1.29 is 0 Å². The highest BCUT2D eigenvalue weighted by Gasteiger charge is 2.01. The molecule has 0 saturated carbocycles. The Morgan fingerprint density at radius 2 is 1.69 bits per heavy atom. The van der Waals surface area contributed by atoms with Crippen LogP contribution in [0.5, 0.6) is 0 Å². The molecule has 1 aromatic heterocycles. The maximum atomic E-state index is 4.36. The van der Waals surface area contributed by atoms with Crippen LogP contribution in [-0.2, 0) is 0 Å². The number of aryl methyl sites for hydroxylation is 3. The van der Waals surface area contributed by atoms with Gasteiger partial charge in [0.25, 0.3) is 0 Å². The van der Waals surface area contributed by atoms with Crippen LogP contribution >= 0.6 is 0 Å². The minimum atomic E-state index is 0.794. The third-order valence-electron chi connectivity index (χ3n) is 2.45. The van der Waals surface area contributed by atoms with Crippen molar-refractivity contribution >= 4 is 6.21 Å². The molecule has 0 unspecified atom stereocenters. The highest BCUT2D eigenvalue weighted by atomic mass is 15.4. The van der Waals surface area contributed by atoms with Crippen LogP contribution in [0.1, 0.15) is 22.8 Å². The van der Waals surface area contributed by atoms with Gasteiger partial charge in [0, 0.05) is 0 Å². The van der Waals surface area contributed by atoms with E-state index in [0.717, 1.165) is 17.2 Å². The van der Waals surface area contributed by atoms with E-state index < -0.39 is 0 Å². The first-order valence-electron chi connectivity index (χ1n) is 5.17. The van der Waals surface area contributed by atoms with Crippen LogP contribution in [-0.4, -0.2) is 21.1 Å². The number of nitrogens with zero attached hydrogens (tertiary/aromatic N) is 4. The lowest BCUT2D eigenvalue weighted by atomic mass is 10.1. The standard InChI is InChI=1S/C12H14N4/c1-9-6-4-5-7-12(9)8-13-16-10(2)14-15-11(16)3/h4-8H,1-3H3/b13-8+. The number of hydrogen-bond acceptors (Lipinski definition) is 3. The van der Waals surface area contributed by atoms with Gasteiger partial charge in [-0.1, -0.05) is 24.3 Å². The smallest absolute Gasteiger partial charge is 0.151 e. The molecule has 0 fully saturated rings. The largest absolute Gasteiger partial charge is 0.202 e. The van der Waals surface area contributed by atoms with Gasteiger partial charge in [0.1, 0.15) is 0 Å². The third kappa shape index (κ3) is 2.00. The average molecular weight is 214 g/mol. The summed E-state index contributed by atoms with van der Waals surface area (Å²) in [4.78, 5) is 0. The molecular formula is C12H14N4. The quantitative estimate of drug-likeness (QED) is 0.718. The van der Waals surface area contributed by atoms with E-state index in [0.29, 0.717) is 0 Å². The molecule has 4 heteroatoms. The maximum Gasteiger partial charge on any atom is 0.151 e. The molecular weight excluding hydrogens is 200 g/mol. The van der Waals surface area contributed by atoms with Gasteiger partial charge in [-0.3, -0.25) is 0 Å². The molecule has 2 aromatic rings. The summed E-state index contributed by atoms with van der Waals surface area (Å²) in [5, 5.41) is 12.3. The first kappa shape index (κ1) is 10.5. The molecule has 0 bridgehead atoms. The van der Waals surface area contributed by atoms with E-state index in [2.05, 4.69) is 28.3 Å². The van der Waals surface area contributed by atoms with Crippen molar-refractivity contribution in [1.82, 2.24) is 14.9 Å². The van der Waals surface area contributed by atoms with Gasteiger partial charge in [0.2, 0.25) is 0 Å². The lowest BCUT2D eigenvalue weighted by molar-refractivity contribution is 0.799. The van der Waals surface area contributed by atoms with Crippen molar-refractivity contribution in [2.24, 2.45) is 5.10 Å². The Morgan fingerprint density at radius 1 is 1.06 bits per heavy atom. The van der Waals surface area contributed by atoms with Gasteiger partial charge in [-0.2, -0.15) is 5.10 Å². The van der Waals surface area contributed by atoms with E-state index >= 15 is 0 Å². The Kier molecular flexibility index (Phi) is 2.81. The predicted molar refractivity (Wildman–Crippen MR) is 63.7 cm³/mol. The SMILES string of the molecule is Cc1ccccc1/C=N/n1c(C)nnc1C. The van der Waals surface area contributed by atoms with Crippen molar-refractivity contribution in [3.05, 3.63) is 47.0 Å². The highest BCUT2D eigenvalue weighted by Crippen LogP contribution is 2.05. The summed E-state index contributed by atoms with van der Waals surface area (Å²) in [7, 11) is 0. The van der Waals surface area contributed by atoms with Crippen molar-refractivity contribution in [2.45, 2.75) is 20.8 Å². The van der Waals surface area contributed by atoms with Crippen molar-refractivity contribution in [2.75, 3.05) is 0 Å². The Hall–Kier alpha value is -1.97. The van der Waals surface area contributed by atoms with Crippen LogP contribution < -0.4 is 0 Å². The maximum absolute atomic E-state index is 4.36. The van der Waals surface area contributed by atoms with E-state index in [1.54, 1.807) is 4.68 Å². The molecule has 16 heavy (non-hydrogen) atoms. The molecule has 2 rings (SSSR count). The molecule has 0 aliphatic rings. The second-order valence-electron chi connectivity index (χ2n) is 3.71. The fourth-order valence-electron chi connectivity index (χ4n) is 1.48. The second-order valence-corrected chi connectivity index (χ2v) is 3.71. The minimum Gasteiger partial charge on any atom is -0.202 e. The number of rotatable bonds is 2. The number of aromatic nitrogens is 3. The van der Waals surface area contributed by atoms with Gasteiger partial charge in [-0.05, 0) is 31.9 Å². The van der Waals surface area contributed by atoms with Gasteiger partial charge >= 0.3 is 0 Å². The van der Waals surface area contributed by atoms with Crippen molar-refractivity contribution in [3.8, 4) is 0 Å². The average Bonchev–Trinajstić information content (AvgIpc) is 2.58. The van der Waals surface area contributed by atoms with E-state index in [9.17, 15) is 0 Å². The second kappa shape index (κ2) is 4.26. The molecule has 0 amide bonds. The van der Waals surface area contributed by atoms with Crippen LogP contribution in [0.4, 0.5) is 0 Å². The fraction of sp³-hybridized carbons (Fsp3) is 0.250. The topological polar surface area (TPSA) is 43.1 Å². The van der Waals surface area contributed by atoms with Crippen LogP contribution in [0.3, 0.4) is 0 Å². The van der Waals surface area contributed by atoms with Crippen molar-refractivity contribution in [1.29, 1.82) is 0 Å². The van der Waals surface area contributed by atoms with Crippen LogP contribution in [0, 0.1) is 20.8 Å². The zero-order valence-corrected chi connectivity index (χ0v) is 9.68. The zero-order chi connectivity index (χ0) is 11.5. The van der Waals surface area contributed by atoms with Gasteiger partial charge < -0.3 is 0 Å². The van der Waals surface area contributed by atoms with Crippen molar-refractivity contribution in [3.63, 3.8) is 0 Å². The summed E-state index contributed by atoms with van der Waals surface area (Å²) >= 11 is 0. The summed E-state index contributed by atoms with van der Waals surface area (Å²) in [6.45, 7) is 5.83. The molecule has 4 nitrogen and oxygen atoms in total. The first-order valence-corrected chi connectivity index (χ1v) is 5.17. The summed E-state index contributed by atoms with van der Waals surface area (Å²) < 4.78 is 1.73. The molecule has 82 valence electrons. The molecule has 1 aromatic carbocycles. The van der Waals surface area contributed by atoms with E-state index in [4.69, 9.17) is 0 Å². The van der Waals surface area contributed by atoms with Crippen LogP contribution in [0.25, 0.3) is 0 Å². The summed E-state index contributed by atoms with van der Waals surface area (Å²) in [5.41, 5.74) is 2.31. The van der Waals surface area contributed by atoms with E-state index in [1.807, 2.05) is 38.3 Å².